The van der Waals surface area contributed by atoms with E-state index in [1.165, 1.54) is 0 Å². The van der Waals surface area contributed by atoms with Crippen LogP contribution in [0.25, 0.3) is 0 Å². The molecule has 0 saturated heterocycles. The third-order valence-corrected chi connectivity index (χ3v) is 7.59. The summed E-state index contributed by atoms with van der Waals surface area (Å²) in [6, 6.07) is 8.80. The Kier molecular flexibility index (Phi) is 12.6. The lowest BCUT2D eigenvalue weighted by Gasteiger charge is -2.39. The molecule has 3 atom stereocenters. The van der Waals surface area contributed by atoms with Crippen LogP contribution < -0.4 is 10.6 Å². The first kappa shape index (κ1) is 34.5. The molecule has 0 aliphatic carbocycles. The predicted molar refractivity (Wildman–Crippen MR) is 171 cm³/mol. The SMILES string of the molecule is Cc1ccc(C(C(=O)Nc2c(C)cccc2Cl)N(C(=O)C(CS)NC(=O)OC(C)(C)C)C(C)CCC(C)C)cc1C. The van der Waals surface area contributed by atoms with Crippen molar-refractivity contribution in [2.45, 2.75) is 98.9 Å². The van der Waals surface area contributed by atoms with Crippen LogP contribution in [0.2, 0.25) is 5.02 Å². The van der Waals surface area contributed by atoms with Crippen molar-refractivity contribution in [3.05, 3.63) is 63.7 Å². The maximum absolute atomic E-state index is 14.3. The monoisotopic (exact) mass is 603 g/mol. The average Bonchev–Trinajstić information content (AvgIpc) is 2.86. The van der Waals surface area contributed by atoms with Gasteiger partial charge in [-0.2, -0.15) is 12.6 Å². The highest BCUT2D eigenvalue weighted by Gasteiger charge is 2.39. The standard InChI is InChI=1S/C32H46ClN3O4S/c1-19(2)13-15-23(6)36(30(38)26(18-41)34-31(39)40-32(7,8)9)28(24-16-14-20(3)22(5)17-24)29(37)35-27-21(4)11-10-12-25(27)33/h10-12,14,16-17,19,23,26,28,41H,13,15,18H2,1-9H3,(H,34,39)(H,35,37). The molecule has 7 nitrogen and oxygen atoms in total. The summed E-state index contributed by atoms with van der Waals surface area (Å²) >= 11 is 10.9. The Hall–Kier alpha value is -2.71. The van der Waals surface area contributed by atoms with Gasteiger partial charge in [-0.3, -0.25) is 9.59 Å². The number of amides is 3. The van der Waals surface area contributed by atoms with Crippen molar-refractivity contribution in [2.24, 2.45) is 5.92 Å². The molecule has 0 aliphatic rings. The van der Waals surface area contributed by atoms with E-state index in [0.717, 1.165) is 23.1 Å². The Labute approximate surface area is 256 Å². The normalized spacial score (nSPS) is 13.8. The summed E-state index contributed by atoms with van der Waals surface area (Å²) in [5.74, 6) is -0.397. The Morgan fingerprint density at radius 1 is 0.976 bits per heavy atom. The average molecular weight is 604 g/mol. The molecule has 2 aromatic carbocycles. The highest BCUT2D eigenvalue weighted by molar-refractivity contribution is 7.80. The van der Waals surface area contributed by atoms with E-state index in [2.05, 4.69) is 37.1 Å². The Balaban J connectivity index is 2.65. The van der Waals surface area contributed by atoms with Gasteiger partial charge in [-0.05, 0) is 95.5 Å². The van der Waals surface area contributed by atoms with Gasteiger partial charge >= 0.3 is 6.09 Å². The largest absolute Gasteiger partial charge is 0.444 e. The molecule has 0 heterocycles. The number of nitrogens with one attached hydrogen (secondary N) is 2. The molecule has 0 spiro atoms. The van der Waals surface area contributed by atoms with Gasteiger partial charge in [0.2, 0.25) is 5.91 Å². The molecule has 0 saturated carbocycles. The van der Waals surface area contributed by atoms with E-state index in [0.29, 0.717) is 28.6 Å². The molecule has 2 rings (SSSR count). The van der Waals surface area contributed by atoms with Gasteiger partial charge in [0.15, 0.2) is 0 Å². The zero-order valence-electron chi connectivity index (χ0n) is 25.8. The van der Waals surface area contributed by atoms with Gasteiger partial charge in [0.25, 0.3) is 5.91 Å². The number of anilines is 1. The summed E-state index contributed by atoms with van der Waals surface area (Å²) in [5.41, 5.74) is 3.28. The third-order valence-electron chi connectivity index (χ3n) is 6.91. The van der Waals surface area contributed by atoms with Gasteiger partial charge < -0.3 is 20.3 Å². The third kappa shape index (κ3) is 9.96. The Morgan fingerprint density at radius 3 is 2.17 bits per heavy atom. The fourth-order valence-electron chi connectivity index (χ4n) is 4.48. The summed E-state index contributed by atoms with van der Waals surface area (Å²) in [6.07, 6.45) is 0.786. The smallest absolute Gasteiger partial charge is 0.408 e. The van der Waals surface area contributed by atoms with Crippen LogP contribution >= 0.6 is 24.2 Å². The maximum Gasteiger partial charge on any atom is 0.408 e. The van der Waals surface area contributed by atoms with Crippen LogP contribution in [0.3, 0.4) is 0 Å². The summed E-state index contributed by atoms with van der Waals surface area (Å²) in [4.78, 5) is 42.8. The highest BCUT2D eigenvalue weighted by atomic mass is 35.5. The number of alkyl carbamates (subject to hydrolysis) is 1. The van der Waals surface area contributed by atoms with Gasteiger partial charge in [0, 0.05) is 11.8 Å². The Bertz CT molecular complexity index is 1210. The van der Waals surface area contributed by atoms with Crippen LogP contribution in [0.5, 0.6) is 0 Å². The van der Waals surface area contributed by atoms with Crippen LogP contribution in [0, 0.1) is 26.7 Å². The number of aryl methyl sites for hydroxylation is 3. The first-order valence-electron chi connectivity index (χ1n) is 14.1. The van der Waals surface area contributed by atoms with Gasteiger partial charge in [-0.15, -0.1) is 0 Å². The molecule has 3 amide bonds. The number of hydrogen-bond acceptors (Lipinski definition) is 5. The van der Waals surface area contributed by atoms with Crippen LogP contribution in [-0.4, -0.2) is 46.2 Å². The molecule has 9 heteroatoms. The van der Waals surface area contributed by atoms with Crippen molar-refractivity contribution in [1.82, 2.24) is 10.2 Å². The summed E-state index contributed by atoms with van der Waals surface area (Å²) in [7, 11) is 0. The first-order valence-corrected chi connectivity index (χ1v) is 15.1. The second kappa shape index (κ2) is 15.0. The lowest BCUT2D eigenvalue weighted by molar-refractivity contribution is -0.143. The van der Waals surface area contributed by atoms with E-state index in [9.17, 15) is 14.4 Å². The number of ether oxygens (including phenoxy) is 1. The molecule has 3 unspecified atom stereocenters. The van der Waals surface area contributed by atoms with Crippen molar-refractivity contribution in [3.8, 4) is 0 Å². The summed E-state index contributed by atoms with van der Waals surface area (Å²) in [6.45, 7) is 17.3. The lowest BCUT2D eigenvalue weighted by atomic mass is 9.95. The minimum Gasteiger partial charge on any atom is -0.444 e. The fourth-order valence-corrected chi connectivity index (χ4v) is 5.00. The van der Waals surface area contributed by atoms with Crippen LogP contribution in [0.4, 0.5) is 10.5 Å². The van der Waals surface area contributed by atoms with Crippen LogP contribution in [0.15, 0.2) is 36.4 Å². The number of benzene rings is 2. The molecule has 0 bridgehead atoms. The Morgan fingerprint density at radius 2 is 1.63 bits per heavy atom. The number of nitrogens with zero attached hydrogens (tertiary/aromatic N) is 1. The highest BCUT2D eigenvalue weighted by Crippen LogP contribution is 2.32. The van der Waals surface area contributed by atoms with Gasteiger partial charge in [-0.25, -0.2) is 4.79 Å². The summed E-state index contributed by atoms with van der Waals surface area (Å²) < 4.78 is 5.42. The molecule has 2 aromatic rings. The molecule has 226 valence electrons. The van der Waals surface area contributed by atoms with Crippen molar-refractivity contribution in [1.29, 1.82) is 0 Å². The second-order valence-corrected chi connectivity index (χ2v) is 12.9. The topological polar surface area (TPSA) is 87.7 Å². The number of carbonyl (C=O) groups is 3. The number of carbonyl (C=O) groups excluding carboxylic acids is 3. The number of thiol groups is 1. The number of hydrogen-bond donors (Lipinski definition) is 3. The van der Waals surface area contributed by atoms with Crippen molar-refractivity contribution in [2.75, 3.05) is 11.1 Å². The van der Waals surface area contributed by atoms with Crippen LogP contribution in [0.1, 0.15) is 82.7 Å². The molecular weight excluding hydrogens is 558 g/mol. The van der Waals surface area contributed by atoms with Crippen LogP contribution in [-0.2, 0) is 14.3 Å². The molecule has 0 aromatic heterocycles. The lowest BCUT2D eigenvalue weighted by Crippen LogP contribution is -2.55. The quantitative estimate of drug-likeness (QED) is 0.233. The van der Waals surface area contributed by atoms with Crippen molar-refractivity contribution in [3.63, 3.8) is 0 Å². The number of halogens is 1. The number of para-hydroxylation sites is 1. The van der Waals surface area contributed by atoms with Crippen molar-refractivity contribution < 1.29 is 19.1 Å². The number of rotatable bonds is 11. The first-order chi connectivity index (χ1) is 19.0. The minimum atomic E-state index is -1.02. The van der Waals surface area contributed by atoms with Gasteiger partial charge in [0.05, 0.1) is 10.7 Å². The molecular formula is C32H46ClN3O4S. The van der Waals surface area contributed by atoms with Gasteiger partial charge in [0.1, 0.15) is 17.7 Å². The van der Waals surface area contributed by atoms with E-state index in [-0.39, 0.29) is 11.8 Å². The van der Waals surface area contributed by atoms with Gasteiger partial charge in [-0.1, -0.05) is 55.8 Å². The van der Waals surface area contributed by atoms with E-state index < -0.39 is 35.6 Å². The zero-order valence-corrected chi connectivity index (χ0v) is 27.5. The van der Waals surface area contributed by atoms with E-state index in [1.54, 1.807) is 31.7 Å². The van der Waals surface area contributed by atoms with E-state index in [4.69, 9.17) is 16.3 Å². The minimum absolute atomic E-state index is 0.0242. The van der Waals surface area contributed by atoms with Crippen molar-refractivity contribution >= 4 is 47.8 Å². The molecule has 0 radical (unpaired) electrons. The second-order valence-electron chi connectivity index (χ2n) is 12.1. The predicted octanol–water partition coefficient (Wildman–Crippen LogP) is 7.42. The molecule has 0 fully saturated rings. The molecule has 0 aliphatic heterocycles. The zero-order chi connectivity index (χ0) is 31.1. The fraction of sp³-hybridized carbons (Fsp3) is 0.531. The molecule has 41 heavy (non-hydrogen) atoms. The molecule has 2 N–H and O–H groups in total. The van der Waals surface area contributed by atoms with E-state index in [1.807, 2.05) is 58.0 Å². The summed E-state index contributed by atoms with van der Waals surface area (Å²) in [5, 5.41) is 6.08. The van der Waals surface area contributed by atoms with E-state index >= 15 is 0 Å². The maximum atomic E-state index is 14.3.